The summed E-state index contributed by atoms with van der Waals surface area (Å²) in [6.07, 6.45) is 0. The van der Waals surface area contributed by atoms with Crippen LogP contribution in [0.1, 0.15) is 10.4 Å². The van der Waals surface area contributed by atoms with Crippen molar-refractivity contribution >= 4 is 38.6 Å². The molecule has 0 aliphatic rings. The van der Waals surface area contributed by atoms with Gasteiger partial charge in [0.15, 0.2) is 5.82 Å². The Balaban J connectivity index is 2.50. The number of thiophene rings is 1. The maximum Gasteiger partial charge on any atom is 0.263 e. The standard InChI is InChI=1S/C12H11ClF2N2O2S2/c1-6-5-20-10(4-16)12(6)21(18,19)17-11-8(13)2-7(14)3-9(11)15/h2-3,5,17H,4,16H2,1H3. The molecule has 9 heteroatoms. The van der Waals surface area contributed by atoms with Crippen molar-refractivity contribution in [2.75, 3.05) is 4.72 Å². The summed E-state index contributed by atoms with van der Waals surface area (Å²) in [7, 11) is -4.07. The van der Waals surface area contributed by atoms with Crippen LogP contribution in [0.15, 0.2) is 22.4 Å². The molecule has 0 saturated carbocycles. The van der Waals surface area contributed by atoms with E-state index in [1.807, 2.05) is 4.72 Å². The maximum atomic E-state index is 13.7. The number of hydrogen-bond donors (Lipinski definition) is 2. The van der Waals surface area contributed by atoms with Crippen molar-refractivity contribution in [2.24, 2.45) is 5.73 Å². The lowest BCUT2D eigenvalue weighted by Gasteiger charge is -2.12. The van der Waals surface area contributed by atoms with Crippen LogP contribution in [0, 0.1) is 18.6 Å². The van der Waals surface area contributed by atoms with Crippen LogP contribution in [0.5, 0.6) is 0 Å². The molecule has 0 bridgehead atoms. The molecule has 4 nitrogen and oxygen atoms in total. The number of anilines is 1. The van der Waals surface area contributed by atoms with Crippen molar-refractivity contribution in [3.8, 4) is 0 Å². The van der Waals surface area contributed by atoms with E-state index >= 15 is 0 Å². The molecule has 0 aliphatic carbocycles. The lowest BCUT2D eigenvalue weighted by atomic mass is 10.3. The number of rotatable bonds is 4. The topological polar surface area (TPSA) is 72.2 Å². The molecule has 0 amide bonds. The minimum Gasteiger partial charge on any atom is -0.326 e. The molecule has 1 aromatic carbocycles. The predicted molar refractivity (Wildman–Crippen MR) is 79.1 cm³/mol. The second kappa shape index (κ2) is 5.88. The van der Waals surface area contributed by atoms with Crippen molar-refractivity contribution < 1.29 is 17.2 Å². The van der Waals surface area contributed by atoms with Gasteiger partial charge < -0.3 is 5.73 Å². The van der Waals surface area contributed by atoms with E-state index in [1.54, 1.807) is 12.3 Å². The van der Waals surface area contributed by atoms with Crippen molar-refractivity contribution in [1.82, 2.24) is 0 Å². The third kappa shape index (κ3) is 3.18. The second-order valence-corrected chi connectivity index (χ2v) is 7.22. The number of nitrogens with one attached hydrogen (secondary N) is 1. The van der Waals surface area contributed by atoms with Crippen molar-refractivity contribution in [2.45, 2.75) is 18.4 Å². The lowest BCUT2D eigenvalue weighted by molar-refractivity contribution is 0.582. The first-order valence-electron chi connectivity index (χ1n) is 5.70. The maximum absolute atomic E-state index is 13.7. The van der Waals surface area contributed by atoms with Crippen molar-refractivity contribution in [3.63, 3.8) is 0 Å². The van der Waals surface area contributed by atoms with Crippen LogP contribution in [0.2, 0.25) is 5.02 Å². The van der Waals surface area contributed by atoms with Crippen molar-refractivity contribution in [3.05, 3.63) is 44.6 Å². The van der Waals surface area contributed by atoms with E-state index in [1.165, 1.54) is 11.3 Å². The minimum atomic E-state index is -4.07. The molecule has 0 atom stereocenters. The first kappa shape index (κ1) is 16.2. The number of aryl methyl sites for hydroxylation is 1. The van der Waals surface area contributed by atoms with Gasteiger partial charge >= 0.3 is 0 Å². The van der Waals surface area contributed by atoms with Gasteiger partial charge in [-0.15, -0.1) is 11.3 Å². The van der Waals surface area contributed by atoms with Crippen LogP contribution in [0.3, 0.4) is 0 Å². The molecule has 21 heavy (non-hydrogen) atoms. The van der Waals surface area contributed by atoms with Gasteiger partial charge in [-0.05, 0) is 23.9 Å². The zero-order valence-electron chi connectivity index (χ0n) is 10.8. The Bertz CT molecular complexity index is 768. The molecule has 114 valence electrons. The predicted octanol–water partition coefficient (Wildman–Crippen LogP) is 3.25. The average molecular weight is 353 g/mol. The Hall–Kier alpha value is -1.22. The fraction of sp³-hybridized carbons (Fsp3) is 0.167. The summed E-state index contributed by atoms with van der Waals surface area (Å²) in [5.41, 5.74) is 5.50. The van der Waals surface area contributed by atoms with Crippen LogP contribution in [-0.4, -0.2) is 8.42 Å². The van der Waals surface area contributed by atoms with Crippen LogP contribution in [0.25, 0.3) is 0 Å². The molecule has 1 aromatic heterocycles. The molecular formula is C12H11ClF2N2O2S2. The van der Waals surface area contributed by atoms with E-state index in [0.29, 0.717) is 16.5 Å². The van der Waals surface area contributed by atoms with E-state index in [2.05, 4.69) is 0 Å². The van der Waals surface area contributed by atoms with E-state index < -0.39 is 27.3 Å². The van der Waals surface area contributed by atoms with Gasteiger partial charge in [0.05, 0.1) is 5.02 Å². The summed E-state index contributed by atoms with van der Waals surface area (Å²) in [6.45, 7) is 1.64. The van der Waals surface area contributed by atoms with Crippen LogP contribution in [-0.2, 0) is 16.6 Å². The average Bonchev–Trinajstić information content (AvgIpc) is 2.76. The smallest absolute Gasteiger partial charge is 0.263 e. The number of hydrogen-bond acceptors (Lipinski definition) is 4. The lowest BCUT2D eigenvalue weighted by Crippen LogP contribution is -2.17. The highest BCUT2D eigenvalue weighted by Gasteiger charge is 2.25. The van der Waals surface area contributed by atoms with Gasteiger partial charge in [0.1, 0.15) is 16.4 Å². The molecule has 0 saturated heterocycles. The van der Waals surface area contributed by atoms with Gasteiger partial charge in [-0.2, -0.15) is 0 Å². The Labute approximate surface area is 129 Å². The summed E-state index contributed by atoms with van der Waals surface area (Å²) < 4.78 is 53.5. The second-order valence-electron chi connectivity index (χ2n) is 4.23. The largest absolute Gasteiger partial charge is 0.326 e. The number of nitrogens with two attached hydrogens (primary N) is 1. The third-order valence-electron chi connectivity index (χ3n) is 2.69. The fourth-order valence-electron chi connectivity index (χ4n) is 1.81. The van der Waals surface area contributed by atoms with Gasteiger partial charge in [0, 0.05) is 17.5 Å². The molecule has 0 fully saturated rings. The molecule has 1 heterocycles. The number of sulfonamides is 1. The normalized spacial score (nSPS) is 11.7. The third-order valence-corrected chi connectivity index (χ3v) is 5.82. The summed E-state index contributed by atoms with van der Waals surface area (Å²) in [4.78, 5) is 0.438. The van der Waals surface area contributed by atoms with Crippen LogP contribution < -0.4 is 10.5 Å². The quantitative estimate of drug-likeness (QED) is 0.887. The fourth-order valence-corrected chi connectivity index (χ4v) is 4.91. The molecule has 0 spiro atoms. The number of benzene rings is 1. The van der Waals surface area contributed by atoms with E-state index in [4.69, 9.17) is 17.3 Å². The van der Waals surface area contributed by atoms with Crippen LogP contribution in [0.4, 0.5) is 14.5 Å². The first-order chi connectivity index (χ1) is 9.76. The zero-order chi connectivity index (χ0) is 15.8. The van der Waals surface area contributed by atoms with Gasteiger partial charge in [-0.1, -0.05) is 11.6 Å². The molecule has 0 unspecified atom stereocenters. The highest BCUT2D eigenvalue weighted by molar-refractivity contribution is 7.93. The van der Waals surface area contributed by atoms with Gasteiger partial charge in [0.2, 0.25) is 0 Å². The molecule has 3 N–H and O–H groups in total. The highest BCUT2D eigenvalue weighted by Crippen LogP contribution is 2.32. The summed E-state index contributed by atoms with van der Waals surface area (Å²) in [6, 6.07) is 1.38. The highest BCUT2D eigenvalue weighted by atomic mass is 35.5. The van der Waals surface area contributed by atoms with Gasteiger partial charge in [-0.25, -0.2) is 17.2 Å². The van der Waals surface area contributed by atoms with E-state index in [0.717, 1.165) is 6.07 Å². The minimum absolute atomic E-state index is 0.00482. The molecule has 2 rings (SSSR count). The molecule has 0 aliphatic heterocycles. The molecule has 0 radical (unpaired) electrons. The van der Waals surface area contributed by atoms with Crippen LogP contribution >= 0.6 is 22.9 Å². The summed E-state index contributed by atoms with van der Waals surface area (Å²) in [5.74, 6) is -1.99. The zero-order valence-corrected chi connectivity index (χ0v) is 13.2. The van der Waals surface area contributed by atoms with Gasteiger partial charge in [-0.3, -0.25) is 4.72 Å². The monoisotopic (exact) mass is 352 g/mol. The van der Waals surface area contributed by atoms with Crippen molar-refractivity contribution in [1.29, 1.82) is 0 Å². The summed E-state index contributed by atoms with van der Waals surface area (Å²) >= 11 is 6.88. The Morgan fingerprint density at radius 3 is 2.62 bits per heavy atom. The SMILES string of the molecule is Cc1csc(CN)c1S(=O)(=O)Nc1c(F)cc(F)cc1Cl. The first-order valence-corrected chi connectivity index (χ1v) is 8.44. The summed E-state index contributed by atoms with van der Waals surface area (Å²) in [5, 5.41) is 1.28. The van der Waals surface area contributed by atoms with E-state index in [-0.39, 0.29) is 16.5 Å². The number of halogens is 3. The van der Waals surface area contributed by atoms with Gasteiger partial charge in [0.25, 0.3) is 10.0 Å². The molecular weight excluding hydrogens is 342 g/mol. The Morgan fingerprint density at radius 1 is 1.38 bits per heavy atom. The molecule has 2 aromatic rings. The Kier molecular flexibility index (Phi) is 4.52. The Morgan fingerprint density at radius 2 is 2.05 bits per heavy atom. The van der Waals surface area contributed by atoms with E-state index in [9.17, 15) is 17.2 Å².